The summed E-state index contributed by atoms with van der Waals surface area (Å²) < 4.78 is 0. The van der Waals surface area contributed by atoms with Crippen LogP contribution in [0.4, 0.5) is 0 Å². The lowest BCUT2D eigenvalue weighted by Gasteiger charge is -0.115. The maximum absolute atomic E-state index is 0. The van der Waals surface area contributed by atoms with Gasteiger partial charge in [-0.2, -0.15) is 0 Å². The summed E-state index contributed by atoms with van der Waals surface area (Å²) in [7, 11) is 0. The van der Waals surface area contributed by atoms with E-state index in [1.165, 1.54) is 0 Å². The van der Waals surface area contributed by atoms with E-state index >= 15 is 0 Å². The minimum Gasteiger partial charge on any atom is -0.114 e. The lowest BCUT2D eigenvalue weighted by Crippen LogP contribution is 0.143. The van der Waals surface area contributed by atoms with Gasteiger partial charge in [-0.05, 0) is 0 Å². The molecule has 0 aliphatic rings. The number of halogens is 2. The fourth-order valence-corrected chi connectivity index (χ4v) is 0. The van der Waals surface area contributed by atoms with E-state index in [0.717, 1.165) is 0 Å². The number of hydrogen-bond acceptors (Lipinski definition) is 0. The van der Waals surface area contributed by atoms with Crippen molar-refractivity contribution in [1.82, 2.24) is 0 Å². The van der Waals surface area contributed by atoms with E-state index in [1.807, 2.05) is 0 Å². The van der Waals surface area contributed by atoms with Crippen LogP contribution in [0, 0.1) is 0 Å². The standard InChI is InChI=1S/5CH4.2BrH/h5*1H4;2*1H. The summed E-state index contributed by atoms with van der Waals surface area (Å²) in [6, 6.07) is 0. The molecule has 0 fully saturated rings. The lowest BCUT2D eigenvalue weighted by atomic mass is 12.0. The van der Waals surface area contributed by atoms with Crippen LogP contribution in [0.2, 0.25) is 0 Å². The predicted octanol–water partition coefficient (Wildman–Crippen LogP) is 4.34. The van der Waals surface area contributed by atoms with Crippen LogP contribution in [0.25, 0.3) is 0 Å². The molecule has 0 bridgehead atoms. The molecule has 0 spiro atoms. The van der Waals surface area contributed by atoms with Crippen molar-refractivity contribution in [3.63, 3.8) is 0 Å². The van der Waals surface area contributed by atoms with Crippen LogP contribution in [-0.2, 0) is 0 Å². The Morgan fingerprint density at radius 1 is 0.286 bits per heavy atom. The van der Waals surface area contributed by atoms with Gasteiger partial charge >= 0.3 is 0 Å². The van der Waals surface area contributed by atoms with Crippen LogP contribution >= 0.6 is 34.0 Å². The van der Waals surface area contributed by atoms with Gasteiger partial charge < -0.3 is 0 Å². The minimum atomic E-state index is 0. The van der Waals surface area contributed by atoms with E-state index in [-0.39, 0.29) is 71.1 Å². The van der Waals surface area contributed by atoms with Gasteiger partial charge in [0.05, 0.1) is 0 Å². The fourth-order valence-electron chi connectivity index (χ4n) is 0. The van der Waals surface area contributed by atoms with Gasteiger partial charge in [-0.25, -0.2) is 0 Å². The maximum Gasteiger partial charge on any atom is -0.0776 e. The summed E-state index contributed by atoms with van der Waals surface area (Å²) in [5, 5.41) is 0. The molecular formula is C5H22Br2. The topological polar surface area (TPSA) is 0 Å². The van der Waals surface area contributed by atoms with Crippen LogP contribution in [0.3, 0.4) is 0 Å². The molecule has 56 valence electrons. The Hall–Kier alpha value is 0.960. The summed E-state index contributed by atoms with van der Waals surface area (Å²) >= 11 is 0. The zero-order valence-corrected chi connectivity index (χ0v) is 4.24. The van der Waals surface area contributed by atoms with Gasteiger partial charge in [0.15, 0.2) is 0 Å². The van der Waals surface area contributed by atoms with E-state index in [1.54, 1.807) is 0 Å². The SMILES string of the molecule is Br.Br.C.C.C.C.C. The first-order valence-corrected chi connectivity index (χ1v) is 0. The summed E-state index contributed by atoms with van der Waals surface area (Å²) in [6.07, 6.45) is 0. The van der Waals surface area contributed by atoms with Crippen LogP contribution in [-0.4, -0.2) is 0 Å². The zero-order valence-electron chi connectivity index (χ0n) is 0.816. The second kappa shape index (κ2) is 268. The van der Waals surface area contributed by atoms with Crippen molar-refractivity contribution >= 4 is 34.0 Å². The third-order valence-electron chi connectivity index (χ3n) is 0. The first-order valence-electron chi connectivity index (χ1n) is 0. The average molecular weight is 242 g/mol. The van der Waals surface area contributed by atoms with E-state index in [2.05, 4.69) is 0 Å². The molecule has 0 amide bonds. The molecule has 0 radical (unpaired) electrons. The van der Waals surface area contributed by atoms with Crippen LogP contribution in [0.5, 0.6) is 0 Å². The van der Waals surface area contributed by atoms with Gasteiger partial charge in [0.2, 0.25) is 0 Å². The summed E-state index contributed by atoms with van der Waals surface area (Å²) in [5.74, 6) is 0. The first-order chi connectivity index (χ1) is 0. The highest BCUT2D eigenvalue weighted by atomic mass is 79.9. The second-order valence-electron chi connectivity index (χ2n) is 0. The smallest absolute Gasteiger partial charge is 0.0776 e. The quantitative estimate of drug-likeness (QED) is 0.592. The van der Waals surface area contributed by atoms with Crippen molar-refractivity contribution in [2.45, 2.75) is 37.1 Å². The van der Waals surface area contributed by atoms with Crippen molar-refractivity contribution in [1.29, 1.82) is 0 Å². The zero-order chi connectivity index (χ0) is 0. The van der Waals surface area contributed by atoms with Crippen molar-refractivity contribution < 1.29 is 0 Å². The van der Waals surface area contributed by atoms with Gasteiger partial charge in [-0.3, -0.25) is 0 Å². The molecule has 0 N–H and O–H groups in total. The van der Waals surface area contributed by atoms with Crippen molar-refractivity contribution in [3.05, 3.63) is 0 Å². The highest BCUT2D eigenvalue weighted by Crippen LogP contribution is 0.847. The van der Waals surface area contributed by atoms with E-state index in [4.69, 9.17) is 0 Å². The lowest BCUT2D eigenvalue weighted by molar-refractivity contribution is 2.50. The summed E-state index contributed by atoms with van der Waals surface area (Å²) in [5.41, 5.74) is 0. The van der Waals surface area contributed by atoms with Gasteiger partial charge in [0.1, 0.15) is 0 Å². The third kappa shape index (κ3) is 186. The number of hydrogen-bond donors (Lipinski definition) is 0. The minimum absolute atomic E-state index is 0. The largest absolute Gasteiger partial charge is 0.114 e. The second-order valence-corrected chi connectivity index (χ2v) is 0. The van der Waals surface area contributed by atoms with E-state index < -0.39 is 0 Å². The Morgan fingerprint density at radius 3 is 0.286 bits per heavy atom. The van der Waals surface area contributed by atoms with Crippen LogP contribution < -0.4 is 0 Å². The van der Waals surface area contributed by atoms with E-state index in [0.29, 0.717) is 0 Å². The highest BCUT2D eigenvalue weighted by molar-refractivity contribution is 8.93. The van der Waals surface area contributed by atoms with Gasteiger partial charge in [0, 0.05) is 0 Å². The Morgan fingerprint density at radius 2 is 0.286 bits per heavy atom. The third-order valence-corrected chi connectivity index (χ3v) is 0. The molecule has 0 aromatic carbocycles. The molecule has 0 heterocycles. The molecule has 2 heteroatoms. The van der Waals surface area contributed by atoms with Gasteiger partial charge in [-0.15, -0.1) is 34.0 Å². The van der Waals surface area contributed by atoms with Crippen molar-refractivity contribution in [2.24, 2.45) is 0 Å². The van der Waals surface area contributed by atoms with Gasteiger partial charge in [0.25, 0.3) is 0 Å². The molecule has 0 aromatic rings. The molecular weight excluding hydrogens is 220 g/mol. The molecule has 0 saturated heterocycles. The van der Waals surface area contributed by atoms with Gasteiger partial charge in [-0.1, -0.05) is 37.1 Å². The molecule has 0 nitrogen and oxygen atoms in total. The average Bonchev–Trinajstić information content (AvgIpc) is 0. The highest BCUT2D eigenvalue weighted by Gasteiger charge is -0.0733. The summed E-state index contributed by atoms with van der Waals surface area (Å²) in [6.45, 7) is 0. The first kappa shape index (κ1) is 418. The Labute approximate surface area is 71.2 Å². The van der Waals surface area contributed by atoms with Crippen LogP contribution in [0.1, 0.15) is 37.1 Å². The monoisotopic (exact) mass is 240 g/mol. The maximum atomic E-state index is 0. The molecule has 0 rings (SSSR count). The fraction of sp³-hybridized carbons (Fsp3) is 1.00. The molecule has 7 heavy (non-hydrogen) atoms. The molecule has 0 atom stereocenters. The Kier molecular flexibility index (Phi) is 16000. The van der Waals surface area contributed by atoms with Crippen molar-refractivity contribution in [2.75, 3.05) is 0 Å². The normalized spacial score (nSPS) is 0. The summed E-state index contributed by atoms with van der Waals surface area (Å²) in [4.78, 5) is 0. The number of rotatable bonds is 0. The predicted molar refractivity (Wildman–Crippen MR) is 54.3 cm³/mol. The molecule has 0 aromatic heterocycles. The molecule has 0 unspecified atom stereocenters. The molecule has 0 aliphatic heterocycles. The Bertz CT molecular complexity index is 6.04. The van der Waals surface area contributed by atoms with Crippen molar-refractivity contribution in [3.8, 4) is 0 Å². The Balaban J connectivity index is 0. The van der Waals surface area contributed by atoms with Crippen LogP contribution in [0.15, 0.2) is 0 Å². The molecule has 0 saturated carbocycles. The molecule has 0 aliphatic carbocycles. The van der Waals surface area contributed by atoms with E-state index in [9.17, 15) is 0 Å².